The molecule has 0 bridgehead atoms. The van der Waals surface area contributed by atoms with E-state index in [0.717, 1.165) is 42.1 Å². The summed E-state index contributed by atoms with van der Waals surface area (Å²) < 4.78 is 6.82. The van der Waals surface area contributed by atoms with Gasteiger partial charge in [0.2, 0.25) is 0 Å². The Morgan fingerprint density at radius 2 is 0.810 bits per heavy atom. The minimum atomic E-state index is 0.0103. The van der Waals surface area contributed by atoms with Crippen LogP contribution in [0.4, 0.5) is 11.4 Å². The first-order chi connectivity index (χ1) is 19.6. The molecule has 3 rings (SSSR count). The van der Waals surface area contributed by atoms with E-state index in [-0.39, 0.29) is 12.2 Å². The first-order valence-electron chi connectivity index (χ1n) is 16.7. The molecule has 232 valence electrons. The zero-order valence-electron chi connectivity index (χ0n) is 29.4. The first kappa shape index (κ1) is 34.2. The summed E-state index contributed by atoms with van der Waals surface area (Å²) in [5.41, 5.74) is 12.7. The van der Waals surface area contributed by atoms with Crippen molar-refractivity contribution in [2.75, 3.05) is 0 Å². The summed E-state index contributed by atoms with van der Waals surface area (Å²) in [4.78, 5) is 10.7. The molecule has 0 spiro atoms. The molecule has 0 saturated carbocycles. The standard InChI is InChI=1S/C39H60N2O/c1-22(2)30-18-32(24(5)6)38(33(19-30)25(7)8)40-28(13)36-16-15-17-37(42-36)29(14)41-39-34(26(9)10)20-31(23(3)4)21-35(39)27(11)12/h18-27,36-37H,15-17H2,1-14H3/b40-28+,41-29+. The fourth-order valence-corrected chi connectivity index (χ4v) is 6.03. The highest BCUT2D eigenvalue weighted by atomic mass is 16.5. The van der Waals surface area contributed by atoms with Crippen LogP contribution < -0.4 is 0 Å². The van der Waals surface area contributed by atoms with Crippen LogP contribution in [0.15, 0.2) is 34.3 Å². The number of rotatable bonds is 10. The van der Waals surface area contributed by atoms with Crippen LogP contribution in [0.5, 0.6) is 0 Å². The molecule has 0 amide bonds. The lowest BCUT2D eigenvalue weighted by Crippen LogP contribution is -2.36. The van der Waals surface area contributed by atoms with Gasteiger partial charge < -0.3 is 4.74 Å². The quantitative estimate of drug-likeness (QED) is 0.261. The van der Waals surface area contributed by atoms with E-state index >= 15 is 0 Å². The Kier molecular flexibility index (Phi) is 11.8. The van der Waals surface area contributed by atoms with Crippen molar-refractivity contribution in [1.29, 1.82) is 0 Å². The molecule has 1 fully saturated rings. The lowest BCUT2D eigenvalue weighted by atomic mass is 9.87. The van der Waals surface area contributed by atoms with Gasteiger partial charge in [0.15, 0.2) is 0 Å². The third-order valence-corrected chi connectivity index (χ3v) is 8.97. The molecule has 3 nitrogen and oxygen atoms in total. The highest BCUT2D eigenvalue weighted by molar-refractivity contribution is 5.92. The predicted octanol–water partition coefficient (Wildman–Crippen LogP) is 12.2. The van der Waals surface area contributed by atoms with E-state index in [4.69, 9.17) is 14.7 Å². The Morgan fingerprint density at radius 3 is 1.05 bits per heavy atom. The SMILES string of the molecule is C/C(=N\c1c(C(C)C)cc(C(C)C)cc1C(C)C)C1CCCC(/C(C)=N/c2c(C(C)C)cc(C(C)C)cc2C(C)C)O1. The minimum absolute atomic E-state index is 0.0103. The van der Waals surface area contributed by atoms with Crippen LogP contribution in [0, 0.1) is 0 Å². The molecule has 2 aromatic rings. The van der Waals surface area contributed by atoms with E-state index in [1.165, 1.54) is 33.4 Å². The van der Waals surface area contributed by atoms with Crippen molar-refractivity contribution in [3.63, 3.8) is 0 Å². The van der Waals surface area contributed by atoms with Gasteiger partial charge in [-0.25, -0.2) is 0 Å². The number of hydrogen-bond donors (Lipinski definition) is 0. The number of hydrogen-bond acceptors (Lipinski definition) is 3. The van der Waals surface area contributed by atoms with Crippen LogP contribution in [0.25, 0.3) is 0 Å². The maximum absolute atomic E-state index is 6.82. The monoisotopic (exact) mass is 572 g/mol. The Morgan fingerprint density at radius 1 is 0.524 bits per heavy atom. The molecule has 0 N–H and O–H groups in total. The third kappa shape index (κ3) is 8.01. The lowest BCUT2D eigenvalue weighted by molar-refractivity contribution is 0.0230. The summed E-state index contributed by atoms with van der Waals surface area (Å²) >= 11 is 0. The van der Waals surface area contributed by atoms with Gasteiger partial charge in [-0.15, -0.1) is 0 Å². The largest absolute Gasteiger partial charge is 0.363 e. The number of nitrogens with zero attached hydrogens (tertiary/aromatic N) is 2. The van der Waals surface area contributed by atoms with Crippen molar-refractivity contribution in [1.82, 2.24) is 0 Å². The zero-order chi connectivity index (χ0) is 31.5. The zero-order valence-corrected chi connectivity index (χ0v) is 29.4. The molecule has 1 saturated heterocycles. The van der Waals surface area contributed by atoms with Gasteiger partial charge in [-0.2, -0.15) is 0 Å². The number of ether oxygens (including phenoxy) is 1. The van der Waals surface area contributed by atoms with E-state index in [1.54, 1.807) is 0 Å². The third-order valence-electron chi connectivity index (χ3n) is 8.97. The Bertz CT molecular complexity index is 1120. The van der Waals surface area contributed by atoms with Crippen molar-refractivity contribution < 1.29 is 4.74 Å². The van der Waals surface area contributed by atoms with Crippen LogP contribution in [0.2, 0.25) is 0 Å². The Labute approximate surface area is 258 Å². The van der Waals surface area contributed by atoms with E-state index in [0.29, 0.717) is 35.5 Å². The Balaban J connectivity index is 2.00. The van der Waals surface area contributed by atoms with E-state index < -0.39 is 0 Å². The normalized spacial score (nSPS) is 19.0. The first-order valence-corrected chi connectivity index (χ1v) is 16.7. The average Bonchev–Trinajstić information content (AvgIpc) is 2.92. The van der Waals surface area contributed by atoms with Crippen molar-refractivity contribution in [3.05, 3.63) is 57.6 Å². The molecule has 2 unspecified atom stereocenters. The van der Waals surface area contributed by atoms with Crippen LogP contribution in [0.3, 0.4) is 0 Å². The Hall–Kier alpha value is -2.26. The van der Waals surface area contributed by atoms with Gasteiger partial charge >= 0.3 is 0 Å². The molecule has 0 radical (unpaired) electrons. The molecular formula is C39H60N2O. The van der Waals surface area contributed by atoms with Gasteiger partial charge in [-0.1, -0.05) is 107 Å². The second-order valence-electron chi connectivity index (χ2n) is 14.6. The predicted molar refractivity (Wildman–Crippen MR) is 185 cm³/mol. The minimum Gasteiger partial charge on any atom is -0.363 e. The maximum Gasteiger partial charge on any atom is 0.0962 e. The molecule has 2 atom stereocenters. The van der Waals surface area contributed by atoms with Gasteiger partial charge in [0, 0.05) is 11.4 Å². The number of aliphatic imine (C=N–C) groups is 2. The smallest absolute Gasteiger partial charge is 0.0962 e. The lowest BCUT2D eigenvalue weighted by Gasteiger charge is -2.31. The molecule has 1 heterocycles. The van der Waals surface area contributed by atoms with Crippen LogP contribution in [0.1, 0.15) is 185 Å². The van der Waals surface area contributed by atoms with E-state index in [1.807, 2.05) is 0 Å². The topological polar surface area (TPSA) is 34.0 Å². The molecule has 3 heteroatoms. The van der Waals surface area contributed by atoms with Crippen molar-refractivity contribution in [2.45, 2.75) is 164 Å². The van der Waals surface area contributed by atoms with Crippen molar-refractivity contribution in [3.8, 4) is 0 Å². The fraction of sp³-hybridized carbons (Fsp3) is 0.641. The molecule has 1 aliphatic heterocycles. The number of benzene rings is 2. The van der Waals surface area contributed by atoms with Crippen LogP contribution >= 0.6 is 0 Å². The van der Waals surface area contributed by atoms with Gasteiger partial charge in [-0.3, -0.25) is 9.98 Å². The summed E-state index contributed by atoms with van der Waals surface area (Å²) in [5, 5.41) is 0. The fourth-order valence-electron chi connectivity index (χ4n) is 6.03. The second kappa shape index (κ2) is 14.5. The van der Waals surface area contributed by atoms with Crippen LogP contribution in [-0.4, -0.2) is 23.6 Å². The van der Waals surface area contributed by atoms with Gasteiger partial charge in [0.25, 0.3) is 0 Å². The highest BCUT2D eigenvalue weighted by Crippen LogP contribution is 2.40. The molecule has 0 aliphatic carbocycles. The van der Waals surface area contributed by atoms with Crippen LogP contribution in [-0.2, 0) is 4.74 Å². The summed E-state index contributed by atoms with van der Waals surface area (Å²) in [7, 11) is 0. The second-order valence-corrected chi connectivity index (χ2v) is 14.6. The van der Waals surface area contributed by atoms with Gasteiger partial charge in [0.05, 0.1) is 23.6 Å². The molecule has 1 aliphatic rings. The highest BCUT2D eigenvalue weighted by Gasteiger charge is 2.28. The maximum atomic E-state index is 6.82. The van der Waals surface area contributed by atoms with Crippen molar-refractivity contribution in [2.24, 2.45) is 9.98 Å². The summed E-state index contributed by atoms with van der Waals surface area (Å²) in [6.45, 7) is 31.8. The summed E-state index contributed by atoms with van der Waals surface area (Å²) in [6, 6.07) is 9.55. The summed E-state index contributed by atoms with van der Waals surface area (Å²) in [5.74, 6) is 2.64. The van der Waals surface area contributed by atoms with E-state index in [2.05, 4.69) is 121 Å². The van der Waals surface area contributed by atoms with E-state index in [9.17, 15) is 0 Å². The average molecular weight is 573 g/mol. The van der Waals surface area contributed by atoms with Gasteiger partial charge in [-0.05, 0) is 102 Å². The molecule has 2 aromatic carbocycles. The van der Waals surface area contributed by atoms with Gasteiger partial charge in [0.1, 0.15) is 0 Å². The molecule has 0 aromatic heterocycles. The van der Waals surface area contributed by atoms with Crippen molar-refractivity contribution >= 4 is 22.8 Å². The molecular weight excluding hydrogens is 512 g/mol. The summed E-state index contributed by atoms with van der Waals surface area (Å²) in [6.07, 6.45) is 3.16. The molecule has 42 heavy (non-hydrogen) atoms.